The van der Waals surface area contributed by atoms with E-state index in [1.54, 1.807) is 0 Å². The van der Waals surface area contributed by atoms with E-state index in [4.69, 9.17) is 9.47 Å². The van der Waals surface area contributed by atoms with Gasteiger partial charge in [-0.15, -0.1) is 0 Å². The fraction of sp³-hybridized carbons (Fsp3) is 1.00. The van der Waals surface area contributed by atoms with Gasteiger partial charge in [0.2, 0.25) is 0 Å². The van der Waals surface area contributed by atoms with Gasteiger partial charge in [0, 0.05) is 25.8 Å². The molecule has 0 spiro atoms. The summed E-state index contributed by atoms with van der Waals surface area (Å²) in [6, 6.07) is 0.672. The predicted molar refractivity (Wildman–Crippen MR) is 66.5 cm³/mol. The SMILES string of the molecule is CCOC(CNC1CCCCCC1)OCC. The minimum Gasteiger partial charge on any atom is -0.352 e. The number of hydrogen-bond donors (Lipinski definition) is 1. The van der Waals surface area contributed by atoms with Gasteiger partial charge in [-0.05, 0) is 26.7 Å². The molecule has 16 heavy (non-hydrogen) atoms. The topological polar surface area (TPSA) is 30.5 Å². The average molecular weight is 229 g/mol. The Kier molecular flexibility index (Phi) is 7.81. The van der Waals surface area contributed by atoms with Crippen LogP contribution in [0.3, 0.4) is 0 Å². The van der Waals surface area contributed by atoms with Crippen molar-refractivity contribution in [2.75, 3.05) is 19.8 Å². The van der Waals surface area contributed by atoms with Crippen LogP contribution in [0, 0.1) is 0 Å². The molecule has 1 N–H and O–H groups in total. The summed E-state index contributed by atoms with van der Waals surface area (Å²) in [5, 5.41) is 3.58. The van der Waals surface area contributed by atoms with Crippen LogP contribution in [0.15, 0.2) is 0 Å². The molecule has 0 bridgehead atoms. The Labute approximate surface area is 99.9 Å². The van der Waals surface area contributed by atoms with Crippen molar-refractivity contribution in [3.05, 3.63) is 0 Å². The first kappa shape index (κ1) is 13.9. The summed E-state index contributed by atoms with van der Waals surface area (Å²) in [5.74, 6) is 0. The number of ether oxygens (including phenoxy) is 2. The highest BCUT2D eigenvalue weighted by molar-refractivity contribution is 4.71. The lowest BCUT2D eigenvalue weighted by molar-refractivity contribution is -0.133. The zero-order valence-electron chi connectivity index (χ0n) is 10.8. The van der Waals surface area contributed by atoms with Gasteiger partial charge in [-0.3, -0.25) is 0 Å². The summed E-state index contributed by atoms with van der Waals surface area (Å²) >= 11 is 0. The maximum Gasteiger partial charge on any atom is 0.169 e. The standard InChI is InChI=1S/C13H27NO2/c1-3-15-13(16-4-2)11-14-12-9-7-5-6-8-10-12/h12-14H,3-11H2,1-2H3. The number of nitrogens with one attached hydrogen (secondary N) is 1. The van der Waals surface area contributed by atoms with Crippen LogP contribution < -0.4 is 5.32 Å². The molecule has 0 aromatic rings. The van der Waals surface area contributed by atoms with E-state index in [-0.39, 0.29) is 6.29 Å². The van der Waals surface area contributed by atoms with Gasteiger partial charge in [0.15, 0.2) is 6.29 Å². The normalized spacial score (nSPS) is 18.9. The molecule has 0 unspecified atom stereocenters. The van der Waals surface area contributed by atoms with E-state index >= 15 is 0 Å². The molecule has 0 saturated heterocycles. The van der Waals surface area contributed by atoms with Gasteiger partial charge in [-0.2, -0.15) is 0 Å². The zero-order valence-corrected chi connectivity index (χ0v) is 10.8. The van der Waals surface area contributed by atoms with Crippen molar-refractivity contribution in [2.24, 2.45) is 0 Å². The molecule has 3 heteroatoms. The van der Waals surface area contributed by atoms with Gasteiger partial charge in [-0.25, -0.2) is 0 Å². The molecule has 1 aliphatic carbocycles. The second-order valence-electron chi connectivity index (χ2n) is 4.44. The molecule has 0 radical (unpaired) electrons. The van der Waals surface area contributed by atoms with Gasteiger partial charge in [0.05, 0.1) is 0 Å². The summed E-state index contributed by atoms with van der Waals surface area (Å²) in [5.41, 5.74) is 0. The Morgan fingerprint density at radius 2 is 1.56 bits per heavy atom. The Balaban J connectivity index is 2.18. The fourth-order valence-corrected chi connectivity index (χ4v) is 2.28. The van der Waals surface area contributed by atoms with E-state index in [0.717, 1.165) is 19.8 Å². The molecule has 0 amide bonds. The third-order valence-electron chi connectivity index (χ3n) is 3.13. The molecule has 0 heterocycles. The van der Waals surface area contributed by atoms with Gasteiger partial charge in [0.1, 0.15) is 0 Å². The third kappa shape index (κ3) is 5.83. The largest absolute Gasteiger partial charge is 0.352 e. The minimum atomic E-state index is -0.0711. The van der Waals surface area contributed by atoms with Crippen LogP contribution in [-0.2, 0) is 9.47 Å². The van der Waals surface area contributed by atoms with Crippen molar-refractivity contribution in [1.29, 1.82) is 0 Å². The first-order chi connectivity index (χ1) is 7.86. The van der Waals surface area contributed by atoms with Crippen molar-refractivity contribution in [1.82, 2.24) is 5.32 Å². The second kappa shape index (κ2) is 8.97. The Morgan fingerprint density at radius 3 is 2.06 bits per heavy atom. The summed E-state index contributed by atoms with van der Waals surface area (Å²) in [6.07, 6.45) is 8.09. The predicted octanol–water partition coefficient (Wildman–Crippen LogP) is 2.70. The van der Waals surface area contributed by atoms with Crippen molar-refractivity contribution in [2.45, 2.75) is 64.7 Å². The summed E-state index contributed by atoms with van der Waals surface area (Å²) in [4.78, 5) is 0. The molecule has 0 aromatic heterocycles. The Hall–Kier alpha value is -0.120. The van der Waals surface area contributed by atoms with Gasteiger partial charge in [-0.1, -0.05) is 25.7 Å². The zero-order chi connectivity index (χ0) is 11.6. The average Bonchev–Trinajstić information content (AvgIpc) is 2.55. The Bertz CT molecular complexity index is 148. The summed E-state index contributed by atoms with van der Waals surface area (Å²) in [6.45, 7) is 6.29. The molecular formula is C13H27NO2. The quantitative estimate of drug-likeness (QED) is 0.538. The highest BCUT2D eigenvalue weighted by Crippen LogP contribution is 2.17. The van der Waals surface area contributed by atoms with E-state index in [1.165, 1.54) is 38.5 Å². The van der Waals surface area contributed by atoms with E-state index < -0.39 is 0 Å². The second-order valence-corrected chi connectivity index (χ2v) is 4.44. The number of hydrogen-bond acceptors (Lipinski definition) is 3. The molecule has 0 atom stereocenters. The third-order valence-corrected chi connectivity index (χ3v) is 3.13. The van der Waals surface area contributed by atoms with Gasteiger partial charge < -0.3 is 14.8 Å². The van der Waals surface area contributed by atoms with Crippen molar-refractivity contribution in [3.63, 3.8) is 0 Å². The molecule has 1 fully saturated rings. The van der Waals surface area contributed by atoms with E-state index in [9.17, 15) is 0 Å². The number of rotatable bonds is 7. The van der Waals surface area contributed by atoms with Crippen molar-refractivity contribution in [3.8, 4) is 0 Å². The lowest BCUT2D eigenvalue weighted by Gasteiger charge is -2.22. The first-order valence-corrected chi connectivity index (χ1v) is 6.83. The van der Waals surface area contributed by atoms with Gasteiger partial charge >= 0.3 is 0 Å². The van der Waals surface area contributed by atoms with E-state index in [0.29, 0.717) is 6.04 Å². The molecular weight excluding hydrogens is 202 g/mol. The molecule has 1 aliphatic rings. The minimum absolute atomic E-state index is 0.0711. The van der Waals surface area contributed by atoms with Crippen LogP contribution in [-0.4, -0.2) is 32.1 Å². The van der Waals surface area contributed by atoms with E-state index in [1.807, 2.05) is 13.8 Å². The molecule has 1 rings (SSSR count). The molecule has 0 aromatic carbocycles. The van der Waals surface area contributed by atoms with Crippen molar-refractivity contribution >= 4 is 0 Å². The highest BCUT2D eigenvalue weighted by Gasteiger charge is 2.14. The Morgan fingerprint density at radius 1 is 1.00 bits per heavy atom. The molecule has 1 saturated carbocycles. The fourth-order valence-electron chi connectivity index (χ4n) is 2.28. The lowest BCUT2D eigenvalue weighted by atomic mass is 10.1. The van der Waals surface area contributed by atoms with Crippen LogP contribution in [0.4, 0.5) is 0 Å². The summed E-state index contributed by atoms with van der Waals surface area (Å²) < 4.78 is 11.0. The first-order valence-electron chi connectivity index (χ1n) is 6.83. The lowest BCUT2D eigenvalue weighted by Crippen LogP contribution is -2.37. The van der Waals surface area contributed by atoms with E-state index in [2.05, 4.69) is 5.32 Å². The van der Waals surface area contributed by atoms with Crippen LogP contribution in [0.5, 0.6) is 0 Å². The van der Waals surface area contributed by atoms with Gasteiger partial charge in [0.25, 0.3) is 0 Å². The molecule has 96 valence electrons. The highest BCUT2D eigenvalue weighted by atomic mass is 16.7. The van der Waals surface area contributed by atoms with Crippen molar-refractivity contribution < 1.29 is 9.47 Å². The summed E-state index contributed by atoms with van der Waals surface area (Å²) in [7, 11) is 0. The maximum absolute atomic E-state index is 5.52. The monoisotopic (exact) mass is 229 g/mol. The maximum atomic E-state index is 5.52. The van der Waals surface area contributed by atoms with Crippen LogP contribution >= 0.6 is 0 Å². The smallest absolute Gasteiger partial charge is 0.169 e. The van der Waals surface area contributed by atoms with Crippen LogP contribution in [0.1, 0.15) is 52.4 Å². The van der Waals surface area contributed by atoms with Crippen LogP contribution in [0.25, 0.3) is 0 Å². The molecule has 3 nitrogen and oxygen atoms in total. The van der Waals surface area contributed by atoms with Crippen LogP contribution in [0.2, 0.25) is 0 Å². The molecule has 0 aliphatic heterocycles.